The quantitative estimate of drug-likeness (QED) is 0.198. The fraction of sp³-hybridized carbons (Fsp3) is 0.182. The van der Waals surface area contributed by atoms with Crippen LogP contribution in [0.2, 0.25) is 0 Å². The van der Waals surface area contributed by atoms with E-state index in [0.29, 0.717) is 23.1 Å². The van der Waals surface area contributed by atoms with Gasteiger partial charge in [-0.25, -0.2) is 9.40 Å². The number of ether oxygens (including phenoxy) is 1. The van der Waals surface area contributed by atoms with Gasteiger partial charge in [0.2, 0.25) is 0 Å². The van der Waals surface area contributed by atoms with E-state index >= 15 is 0 Å². The van der Waals surface area contributed by atoms with Crippen molar-refractivity contribution in [2.24, 2.45) is 5.10 Å². The number of aromatic nitrogens is 3. The van der Waals surface area contributed by atoms with E-state index in [-0.39, 0.29) is 30.0 Å². The molecule has 1 N–H and O–H groups in total. The Morgan fingerprint density at radius 2 is 1.78 bits per heavy atom. The number of amides is 2. The maximum absolute atomic E-state index is 13.8. The molecule has 2 amide bonds. The van der Waals surface area contributed by atoms with Crippen molar-refractivity contribution in [3.8, 4) is 11.4 Å². The van der Waals surface area contributed by atoms with Crippen molar-refractivity contribution in [2.75, 3.05) is 12.9 Å². The van der Waals surface area contributed by atoms with Gasteiger partial charge in [0.25, 0.3) is 11.8 Å². The van der Waals surface area contributed by atoms with E-state index in [9.17, 15) is 14.0 Å². The molecule has 0 unspecified atom stereocenters. The topological polar surface area (TPSA) is 115 Å². The van der Waals surface area contributed by atoms with Gasteiger partial charge >= 0.3 is 0 Å². The monoisotopic (exact) mass is 624 g/mol. The number of hydrogen-bond donors (Lipinski definition) is 1. The van der Waals surface area contributed by atoms with Crippen LogP contribution in [0.4, 0.5) is 4.39 Å². The lowest BCUT2D eigenvalue weighted by Crippen LogP contribution is -2.28. The minimum atomic E-state index is -0.417. The Balaban J connectivity index is 1.24. The Morgan fingerprint density at radius 1 is 1.02 bits per heavy atom. The number of methoxy groups -OCH3 is 1. The number of carbonyl (C=O) groups is 2. The molecule has 2 aromatic heterocycles. The van der Waals surface area contributed by atoms with Gasteiger partial charge in [-0.2, -0.15) is 5.10 Å². The number of carbonyl (C=O) groups excluding carboxylic acids is 2. The van der Waals surface area contributed by atoms with Gasteiger partial charge in [-0.3, -0.25) is 14.2 Å². The zero-order chi connectivity index (χ0) is 31.3. The predicted octanol–water partition coefficient (Wildman–Crippen LogP) is 5.72. The molecule has 0 saturated heterocycles. The van der Waals surface area contributed by atoms with E-state index in [0.717, 1.165) is 28.2 Å². The lowest BCUT2D eigenvalue weighted by molar-refractivity contribution is -0.130. The number of nitrogens with zero attached hydrogens (tertiary/aromatic N) is 5. The molecule has 3 heterocycles. The summed E-state index contributed by atoms with van der Waals surface area (Å²) in [6.45, 7) is 2.04. The van der Waals surface area contributed by atoms with E-state index in [1.807, 2.05) is 55.5 Å². The van der Waals surface area contributed by atoms with Gasteiger partial charge in [-0.15, -0.1) is 10.2 Å². The molecule has 10 nitrogen and oxygen atoms in total. The standard InChI is InChI=1S/C33H29FN6O4S/c1-21-5-7-23(8-6-21)28-18-27(22-9-15-26(43-2)16-10-22)38-40(28)31(41)20-45-33-37-36-30(19-35-32(42)29-4-3-17-44-29)39(33)25-13-11-24(34)12-14-25/h3-17,28H,18-20H2,1-2H3,(H,35,42)/t28-/m0/s1. The van der Waals surface area contributed by atoms with E-state index in [1.54, 1.807) is 41.0 Å². The molecule has 0 fully saturated rings. The molecule has 6 rings (SSSR count). The molecule has 1 atom stereocenters. The van der Waals surface area contributed by atoms with Gasteiger partial charge in [0, 0.05) is 12.1 Å². The van der Waals surface area contributed by atoms with Crippen LogP contribution in [0.3, 0.4) is 0 Å². The van der Waals surface area contributed by atoms with Gasteiger partial charge in [0.05, 0.1) is 37.4 Å². The summed E-state index contributed by atoms with van der Waals surface area (Å²) < 4.78 is 25.9. The van der Waals surface area contributed by atoms with E-state index < -0.39 is 11.7 Å². The van der Waals surface area contributed by atoms with Gasteiger partial charge in [0.15, 0.2) is 16.7 Å². The van der Waals surface area contributed by atoms with Crippen LogP contribution in [0.25, 0.3) is 5.69 Å². The largest absolute Gasteiger partial charge is 0.497 e. The highest BCUT2D eigenvalue weighted by molar-refractivity contribution is 7.99. The van der Waals surface area contributed by atoms with E-state index in [2.05, 4.69) is 15.5 Å². The Hall–Kier alpha value is -5.23. The summed E-state index contributed by atoms with van der Waals surface area (Å²) in [4.78, 5) is 26.3. The second-order valence-electron chi connectivity index (χ2n) is 10.3. The van der Waals surface area contributed by atoms with Gasteiger partial charge in [-0.1, -0.05) is 41.6 Å². The third-order valence-electron chi connectivity index (χ3n) is 7.31. The summed E-state index contributed by atoms with van der Waals surface area (Å²) in [7, 11) is 1.62. The predicted molar refractivity (Wildman–Crippen MR) is 167 cm³/mol. The summed E-state index contributed by atoms with van der Waals surface area (Å²) in [5.41, 5.74) is 4.39. The van der Waals surface area contributed by atoms with E-state index in [4.69, 9.17) is 14.3 Å². The Kier molecular flexibility index (Phi) is 8.74. The molecule has 0 bridgehead atoms. The molecule has 0 aliphatic carbocycles. The zero-order valence-electron chi connectivity index (χ0n) is 24.5. The van der Waals surface area contributed by atoms with Crippen LogP contribution in [-0.4, -0.2) is 50.2 Å². The first-order valence-electron chi connectivity index (χ1n) is 14.1. The highest BCUT2D eigenvalue weighted by Gasteiger charge is 2.33. The maximum Gasteiger partial charge on any atom is 0.287 e. The van der Waals surface area contributed by atoms with Gasteiger partial charge in [0.1, 0.15) is 11.6 Å². The minimum absolute atomic E-state index is 0.0137. The molecular formula is C33H29FN6O4S. The van der Waals surface area contributed by atoms with Crippen molar-refractivity contribution in [3.63, 3.8) is 0 Å². The molecule has 3 aromatic carbocycles. The third-order valence-corrected chi connectivity index (χ3v) is 8.23. The Morgan fingerprint density at radius 3 is 2.47 bits per heavy atom. The molecular weight excluding hydrogens is 595 g/mol. The van der Waals surface area contributed by atoms with Crippen molar-refractivity contribution < 1.29 is 23.1 Å². The number of halogens is 1. The first kappa shape index (κ1) is 29.8. The fourth-order valence-electron chi connectivity index (χ4n) is 4.95. The summed E-state index contributed by atoms with van der Waals surface area (Å²) in [6.07, 6.45) is 1.96. The zero-order valence-corrected chi connectivity index (χ0v) is 25.3. The number of thioether (sulfide) groups is 1. The molecule has 228 valence electrons. The number of hydrogen-bond acceptors (Lipinski definition) is 8. The minimum Gasteiger partial charge on any atom is -0.497 e. The summed E-state index contributed by atoms with van der Waals surface area (Å²) in [6, 6.07) is 24.4. The summed E-state index contributed by atoms with van der Waals surface area (Å²) in [5.74, 6) is 0.281. The molecule has 1 aliphatic heterocycles. The second kappa shape index (κ2) is 13.2. The highest BCUT2D eigenvalue weighted by Crippen LogP contribution is 2.34. The highest BCUT2D eigenvalue weighted by atomic mass is 32.2. The third kappa shape index (κ3) is 6.65. The van der Waals surface area contributed by atoms with Crippen LogP contribution >= 0.6 is 11.8 Å². The fourth-order valence-corrected chi connectivity index (χ4v) is 5.77. The number of rotatable bonds is 10. The van der Waals surface area contributed by atoms with Gasteiger partial charge < -0.3 is 14.5 Å². The number of nitrogens with one attached hydrogen (secondary N) is 1. The molecule has 0 spiro atoms. The van der Waals surface area contributed by atoms with Crippen molar-refractivity contribution in [1.29, 1.82) is 0 Å². The first-order chi connectivity index (χ1) is 21.9. The van der Waals surface area contributed by atoms with Crippen LogP contribution in [-0.2, 0) is 11.3 Å². The molecule has 0 radical (unpaired) electrons. The number of aryl methyl sites for hydroxylation is 1. The molecule has 1 aliphatic rings. The van der Waals surface area contributed by atoms with Crippen LogP contribution in [0.5, 0.6) is 5.75 Å². The number of hydrazone groups is 1. The molecule has 12 heteroatoms. The summed E-state index contributed by atoms with van der Waals surface area (Å²) >= 11 is 1.18. The normalized spacial score (nSPS) is 14.3. The van der Waals surface area contributed by atoms with Crippen LogP contribution in [0, 0.1) is 12.7 Å². The average molecular weight is 625 g/mol. The number of furan rings is 1. The van der Waals surface area contributed by atoms with Crippen molar-refractivity contribution in [2.45, 2.75) is 31.1 Å². The van der Waals surface area contributed by atoms with Gasteiger partial charge in [-0.05, 0) is 78.7 Å². The molecule has 0 saturated carbocycles. The Labute approximate surface area is 262 Å². The first-order valence-corrected chi connectivity index (χ1v) is 15.1. The SMILES string of the molecule is COc1ccc(C2=NN(C(=O)CSc3nnc(CNC(=O)c4ccco4)n3-c3ccc(F)cc3)[C@H](c3ccc(C)cc3)C2)cc1. The lowest BCUT2D eigenvalue weighted by Gasteiger charge is -2.22. The van der Waals surface area contributed by atoms with Crippen LogP contribution < -0.4 is 10.1 Å². The molecule has 5 aromatic rings. The van der Waals surface area contributed by atoms with Crippen LogP contribution in [0.1, 0.15) is 45.5 Å². The lowest BCUT2D eigenvalue weighted by atomic mass is 9.97. The van der Waals surface area contributed by atoms with Crippen molar-refractivity contribution in [3.05, 3.63) is 125 Å². The summed E-state index contributed by atoms with van der Waals surface area (Å²) in [5, 5.41) is 18.1. The van der Waals surface area contributed by atoms with Crippen molar-refractivity contribution in [1.82, 2.24) is 25.1 Å². The maximum atomic E-state index is 13.8. The average Bonchev–Trinajstić information content (AvgIpc) is 3.84. The Bertz CT molecular complexity index is 1820. The second-order valence-corrected chi connectivity index (χ2v) is 11.2. The smallest absolute Gasteiger partial charge is 0.287 e. The molecule has 45 heavy (non-hydrogen) atoms. The van der Waals surface area contributed by atoms with Crippen molar-refractivity contribution >= 4 is 29.3 Å². The van der Waals surface area contributed by atoms with E-state index in [1.165, 1.54) is 30.2 Å². The van der Waals surface area contributed by atoms with Crippen LogP contribution in [0.15, 0.2) is 106 Å². The number of benzene rings is 3.